The summed E-state index contributed by atoms with van der Waals surface area (Å²) >= 11 is 0. The van der Waals surface area contributed by atoms with Gasteiger partial charge in [-0.25, -0.2) is 4.98 Å². The summed E-state index contributed by atoms with van der Waals surface area (Å²) in [6, 6.07) is 4.07. The Morgan fingerprint density at radius 2 is 2.43 bits per heavy atom. The van der Waals surface area contributed by atoms with E-state index in [2.05, 4.69) is 4.98 Å². The summed E-state index contributed by atoms with van der Waals surface area (Å²) in [4.78, 5) is 4.22. The molecule has 4 nitrogen and oxygen atoms in total. The molecule has 14 heavy (non-hydrogen) atoms. The van der Waals surface area contributed by atoms with Crippen molar-refractivity contribution in [3.8, 4) is 0 Å². The zero-order valence-corrected chi connectivity index (χ0v) is 7.99. The van der Waals surface area contributed by atoms with Crippen LogP contribution in [0.2, 0.25) is 0 Å². The van der Waals surface area contributed by atoms with Gasteiger partial charge < -0.3 is 10.1 Å². The number of fused-ring (bicyclic) bond motifs is 1. The summed E-state index contributed by atoms with van der Waals surface area (Å²) in [5, 5.41) is 7.23. The van der Waals surface area contributed by atoms with Gasteiger partial charge in [0, 0.05) is 12.6 Å². The van der Waals surface area contributed by atoms with Crippen molar-refractivity contribution in [2.45, 2.75) is 13.3 Å². The molecule has 0 fully saturated rings. The lowest BCUT2D eigenvalue weighted by atomic mass is 10.2. The lowest BCUT2D eigenvalue weighted by Gasteiger charge is -1.98. The van der Waals surface area contributed by atoms with E-state index in [0.29, 0.717) is 6.42 Å². The van der Waals surface area contributed by atoms with Crippen LogP contribution in [-0.2, 0) is 6.42 Å². The molecule has 0 atom stereocenters. The molecule has 0 bridgehead atoms. The summed E-state index contributed by atoms with van der Waals surface area (Å²) < 4.78 is 1.94. The van der Waals surface area contributed by atoms with Gasteiger partial charge in [-0.3, -0.25) is 5.41 Å². The molecule has 0 amide bonds. The smallest absolute Gasteiger partial charge is 0.0995 e. The zero-order valence-electron chi connectivity index (χ0n) is 7.99. The maximum absolute atomic E-state index is 7.23. The highest BCUT2D eigenvalue weighted by Gasteiger charge is 2.04. The number of rotatable bonds is 2. The van der Waals surface area contributed by atoms with Crippen molar-refractivity contribution in [3.63, 3.8) is 0 Å². The van der Waals surface area contributed by atoms with Crippen LogP contribution in [0.5, 0.6) is 0 Å². The van der Waals surface area contributed by atoms with Crippen molar-refractivity contribution < 1.29 is 0 Å². The Morgan fingerprint density at radius 3 is 3.14 bits per heavy atom. The van der Waals surface area contributed by atoms with Crippen LogP contribution in [0.1, 0.15) is 11.3 Å². The number of nitrogens with one attached hydrogen (secondary N) is 1. The van der Waals surface area contributed by atoms with Gasteiger partial charge in [0.2, 0.25) is 0 Å². The third-order valence-corrected chi connectivity index (χ3v) is 2.13. The molecule has 0 aromatic carbocycles. The number of aromatic nitrogens is 2. The van der Waals surface area contributed by atoms with E-state index in [1.807, 2.05) is 29.7 Å². The van der Waals surface area contributed by atoms with Crippen LogP contribution in [0.3, 0.4) is 0 Å². The standard InChI is InChI=1S/C10H12N4/c1-7-2-3-14-6-13-8(5-10(11)12)9(14)4-7/h2-4,6H,5H2,1H3,(H3,11,12). The van der Waals surface area contributed by atoms with Crippen LogP contribution < -0.4 is 5.73 Å². The van der Waals surface area contributed by atoms with Gasteiger partial charge in [-0.05, 0) is 24.6 Å². The second-order valence-electron chi connectivity index (χ2n) is 3.39. The molecule has 2 heterocycles. The Bertz CT molecular complexity index is 484. The Labute approximate surface area is 81.9 Å². The van der Waals surface area contributed by atoms with Gasteiger partial charge >= 0.3 is 0 Å². The Balaban J connectivity index is 2.55. The molecule has 0 radical (unpaired) electrons. The number of amidine groups is 1. The summed E-state index contributed by atoms with van der Waals surface area (Å²) in [6.45, 7) is 2.03. The minimum atomic E-state index is 0.145. The van der Waals surface area contributed by atoms with Gasteiger partial charge in [0.1, 0.15) is 0 Å². The number of hydrogen-bond acceptors (Lipinski definition) is 2. The van der Waals surface area contributed by atoms with E-state index in [-0.39, 0.29) is 5.84 Å². The number of pyridine rings is 1. The molecular weight excluding hydrogens is 176 g/mol. The van der Waals surface area contributed by atoms with Crippen molar-refractivity contribution in [3.05, 3.63) is 35.9 Å². The van der Waals surface area contributed by atoms with Crippen LogP contribution in [0, 0.1) is 12.3 Å². The largest absolute Gasteiger partial charge is 0.387 e. The monoisotopic (exact) mass is 188 g/mol. The van der Waals surface area contributed by atoms with Gasteiger partial charge in [0.25, 0.3) is 0 Å². The molecule has 2 aromatic heterocycles. The maximum atomic E-state index is 7.23. The number of imidazole rings is 1. The second-order valence-corrected chi connectivity index (χ2v) is 3.39. The van der Waals surface area contributed by atoms with Crippen molar-refractivity contribution in [1.29, 1.82) is 5.41 Å². The molecule has 0 unspecified atom stereocenters. The molecule has 4 heteroatoms. The maximum Gasteiger partial charge on any atom is 0.0995 e. The number of hydrogen-bond donors (Lipinski definition) is 2. The number of aryl methyl sites for hydroxylation is 1. The Kier molecular flexibility index (Phi) is 1.96. The minimum Gasteiger partial charge on any atom is -0.387 e. The van der Waals surface area contributed by atoms with E-state index in [1.165, 1.54) is 5.56 Å². The van der Waals surface area contributed by atoms with E-state index in [4.69, 9.17) is 11.1 Å². The first kappa shape index (κ1) is 8.74. The summed E-state index contributed by atoms with van der Waals surface area (Å²) in [5.74, 6) is 0.145. The van der Waals surface area contributed by atoms with Crippen molar-refractivity contribution in [2.75, 3.05) is 0 Å². The molecule has 0 aliphatic heterocycles. The third-order valence-electron chi connectivity index (χ3n) is 2.13. The first-order chi connectivity index (χ1) is 6.66. The van der Waals surface area contributed by atoms with Gasteiger partial charge in [0.05, 0.1) is 23.4 Å². The zero-order chi connectivity index (χ0) is 10.1. The van der Waals surface area contributed by atoms with Crippen LogP contribution in [-0.4, -0.2) is 15.2 Å². The lowest BCUT2D eigenvalue weighted by Crippen LogP contribution is -2.13. The van der Waals surface area contributed by atoms with Gasteiger partial charge in [-0.1, -0.05) is 0 Å². The quantitative estimate of drug-likeness (QED) is 0.547. The van der Waals surface area contributed by atoms with Crippen LogP contribution in [0.25, 0.3) is 5.52 Å². The molecule has 72 valence electrons. The molecular formula is C10H12N4. The normalized spacial score (nSPS) is 10.6. The predicted octanol–water partition coefficient (Wildman–Crippen LogP) is 1.12. The second kappa shape index (κ2) is 3.14. The van der Waals surface area contributed by atoms with E-state index in [9.17, 15) is 0 Å². The van der Waals surface area contributed by atoms with E-state index < -0.39 is 0 Å². The van der Waals surface area contributed by atoms with Crippen molar-refractivity contribution in [2.24, 2.45) is 5.73 Å². The molecule has 2 aromatic rings. The average Bonchev–Trinajstić information content (AvgIpc) is 2.47. The van der Waals surface area contributed by atoms with Crippen LogP contribution in [0.4, 0.5) is 0 Å². The first-order valence-electron chi connectivity index (χ1n) is 4.42. The average molecular weight is 188 g/mol. The highest BCUT2D eigenvalue weighted by molar-refractivity contribution is 5.81. The first-order valence-corrected chi connectivity index (χ1v) is 4.42. The lowest BCUT2D eigenvalue weighted by molar-refractivity contribution is 1.13. The summed E-state index contributed by atoms with van der Waals surface area (Å²) in [5.41, 5.74) is 8.42. The highest BCUT2D eigenvalue weighted by atomic mass is 15.0. The van der Waals surface area contributed by atoms with Crippen LogP contribution >= 0.6 is 0 Å². The topological polar surface area (TPSA) is 67.2 Å². The molecule has 0 aliphatic rings. The van der Waals surface area contributed by atoms with E-state index >= 15 is 0 Å². The minimum absolute atomic E-state index is 0.145. The van der Waals surface area contributed by atoms with Gasteiger partial charge in [-0.15, -0.1) is 0 Å². The van der Waals surface area contributed by atoms with Crippen molar-refractivity contribution >= 4 is 11.4 Å². The molecule has 0 saturated heterocycles. The van der Waals surface area contributed by atoms with Gasteiger partial charge in [-0.2, -0.15) is 0 Å². The predicted molar refractivity (Wildman–Crippen MR) is 55.5 cm³/mol. The SMILES string of the molecule is Cc1ccn2cnc(CC(=N)N)c2c1. The molecule has 0 saturated carbocycles. The van der Waals surface area contributed by atoms with E-state index in [0.717, 1.165) is 11.2 Å². The summed E-state index contributed by atoms with van der Waals surface area (Å²) in [6.07, 6.45) is 4.12. The molecule has 2 rings (SSSR count). The molecule has 3 N–H and O–H groups in total. The van der Waals surface area contributed by atoms with Gasteiger partial charge in [0.15, 0.2) is 0 Å². The fourth-order valence-corrected chi connectivity index (χ4v) is 1.46. The molecule has 0 spiro atoms. The number of nitrogens with two attached hydrogens (primary N) is 1. The van der Waals surface area contributed by atoms with Crippen LogP contribution in [0.15, 0.2) is 24.7 Å². The third kappa shape index (κ3) is 1.46. The number of nitrogens with zero attached hydrogens (tertiary/aromatic N) is 2. The summed E-state index contributed by atoms with van der Waals surface area (Å²) in [7, 11) is 0. The Morgan fingerprint density at radius 1 is 1.64 bits per heavy atom. The highest BCUT2D eigenvalue weighted by Crippen LogP contribution is 2.11. The molecule has 0 aliphatic carbocycles. The fraction of sp³-hybridized carbons (Fsp3) is 0.200. The van der Waals surface area contributed by atoms with E-state index in [1.54, 1.807) is 6.33 Å². The Hall–Kier alpha value is -1.84. The fourth-order valence-electron chi connectivity index (χ4n) is 1.46. The van der Waals surface area contributed by atoms with Crippen molar-refractivity contribution in [1.82, 2.24) is 9.38 Å².